The fourth-order valence-electron chi connectivity index (χ4n) is 2.96. The number of ether oxygens (including phenoxy) is 1. The Labute approximate surface area is 179 Å². The Morgan fingerprint density at radius 2 is 1.65 bits per heavy atom. The summed E-state index contributed by atoms with van der Waals surface area (Å²) in [6.07, 6.45) is 0. The van der Waals surface area contributed by atoms with Crippen LogP contribution in [0.1, 0.15) is 5.56 Å². The predicted octanol–water partition coefficient (Wildman–Crippen LogP) is 4.93. The van der Waals surface area contributed by atoms with Gasteiger partial charge in [0.05, 0.1) is 12.0 Å². The second-order valence-corrected chi connectivity index (χ2v) is 8.54. The van der Waals surface area contributed by atoms with Crippen LogP contribution in [0.5, 0.6) is 5.75 Å². The van der Waals surface area contributed by atoms with Gasteiger partial charge in [0.1, 0.15) is 11.6 Å². The zero-order valence-corrected chi connectivity index (χ0v) is 17.4. The molecule has 0 aliphatic rings. The van der Waals surface area contributed by atoms with E-state index in [1.54, 1.807) is 31.4 Å². The molecule has 0 unspecified atom stereocenters. The number of oxazole rings is 1. The number of sulfone groups is 1. The third-order valence-corrected chi connectivity index (χ3v) is 6.29. The molecule has 0 radical (unpaired) electrons. The van der Waals surface area contributed by atoms with Gasteiger partial charge in [0.15, 0.2) is 0 Å². The van der Waals surface area contributed by atoms with Crippen LogP contribution in [0.15, 0.2) is 93.2 Å². The Kier molecular flexibility index (Phi) is 5.73. The summed E-state index contributed by atoms with van der Waals surface area (Å²) in [6.45, 7) is 0.305. The molecule has 158 valence electrons. The summed E-state index contributed by atoms with van der Waals surface area (Å²) in [5.41, 5.74) is 1.53. The molecule has 1 N–H and O–H groups in total. The van der Waals surface area contributed by atoms with E-state index in [-0.39, 0.29) is 21.7 Å². The highest BCUT2D eigenvalue weighted by atomic mass is 32.2. The summed E-state index contributed by atoms with van der Waals surface area (Å²) in [7, 11) is -2.46. The molecule has 31 heavy (non-hydrogen) atoms. The molecule has 0 spiro atoms. The number of methoxy groups -OCH3 is 1. The standard InChI is InChI=1S/C23H19FN2O4S/c1-29-19-11-7-16(8-12-19)15-25-22-23(26-21(30-22)17-5-3-2-4-6-17)31(27,28)20-13-9-18(24)10-14-20/h2-14,25H,15H2,1H3. The fraction of sp³-hybridized carbons (Fsp3) is 0.0870. The van der Waals surface area contributed by atoms with Gasteiger partial charge in [-0.1, -0.05) is 30.3 Å². The van der Waals surface area contributed by atoms with E-state index in [9.17, 15) is 12.8 Å². The van der Waals surface area contributed by atoms with Gasteiger partial charge < -0.3 is 14.5 Å². The summed E-state index contributed by atoms with van der Waals surface area (Å²) < 4.78 is 50.7. The van der Waals surface area contributed by atoms with Crippen LogP contribution in [0, 0.1) is 5.82 Å². The second-order valence-electron chi connectivity index (χ2n) is 6.68. The molecule has 0 saturated heterocycles. The molecule has 0 aliphatic carbocycles. The van der Waals surface area contributed by atoms with Crippen molar-refractivity contribution in [3.05, 3.63) is 90.2 Å². The Morgan fingerprint density at radius 1 is 0.968 bits per heavy atom. The molecule has 0 fully saturated rings. The molecule has 0 saturated carbocycles. The highest BCUT2D eigenvalue weighted by Gasteiger charge is 2.28. The molecule has 0 aliphatic heterocycles. The lowest BCUT2D eigenvalue weighted by Gasteiger charge is -2.07. The Balaban J connectivity index is 1.71. The van der Waals surface area contributed by atoms with E-state index in [1.807, 2.05) is 30.3 Å². The number of anilines is 1. The van der Waals surface area contributed by atoms with E-state index in [4.69, 9.17) is 9.15 Å². The topological polar surface area (TPSA) is 81.4 Å². The average Bonchev–Trinajstić information content (AvgIpc) is 3.24. The van der Waals surface area contributed by atoms with Crippen LogP contribution in [0.4, 0.5) is 10.3 Å². The minimum absolute atomic E-state index is 0.0130. The molecule has 1 aromatic heterocycles. The van der Waals surface area contributed by atoms with Crippen LogP contribution >= 0.6 is 0 Å². The molecule has 4 rings (SSSR count). The molecule has 6 nitrogen and oxygen atoms in total. The maximum atomic E-state index is 13.3. The van der Waals surface area contributed by atoms with Crippen LogP contribution < -0.4 is 10.1 Å². The third kappa shape index (κ3) is 4.44. The number of halogens is 1. The van der Waals surface area contributed by atoms with Crippen molar-refractivity contribution in [2.24, 2.45) is 0 Å². The predicted molar refractivity (Wildman–Crippen MR) is 114 cm³/mol. The maximum absolute atomic E-state index is 13.3. The van der Waals surface area contributed by atoms with E-state index in [0.717, 1.165) is 17.7 Å². The number of nitrogens with one attached hydrogen (secondary N) is 1. The Morgan fingerprint density at radius 3 is 2.29 bits per heavy atom. The smallest absolute Gasteiger partial charge is 0.234 e. The lowest BCUT2D eigenvalue weighted by atomic mass is 10.2. The third-order valence-electron chi connectivity index (χ3n) is 4.61. The van der Waals surface area contributed by atoms with Crippen molar-refractivity contribution in [3.63, 3.8) is 0 Å². The number of nitrogens with zero attached hydrogens (tertiary/aromatic N) is 1. The molecule has 0 amide bonds. The number of hydrogen-bond acceptors (Lipinski definition) is 6. The van der Waals surface area contributed by atoms with E-state index in [0.29, 0.717) is 17.9 Å². The molecule has 8 heteroatoms. The van der Waals surface area contributed by atoms with E-state index in [2.05, 4.69) is 10.3 Å². The average molecular weight is 438 g/mol. The van der Waals surface area contributed by atoms with E-state index in [1.165, 1.54) is 12.1 Å². The van der Waals surface area contributed by atoms with Gasteiger partial charge in [0.2, 0.25) is 26.6 Å². The van der Waals surface area contributed by atoms with Crippen molar-refractivity contribution >= 4 is 15.7 Å². The van der Waals surface area contributed by atoms with Gasteiger partial charge in [-0.2, -0.15) is 4.98 Å². The molecule has 0 bridgehead atoms. The lowest BCUT2D eigenvalue weighted by Crippen LogP contribution is -2.07. The van der Waals surface area contributed by atoms with Crippen molar-refractivity contribution in [1.29, 1.82) is 0 Å². The first kappa shape index (κ1) is 20.6. The van der Waals surface area contributed by atoms with Crippen LogP contribution in [0.2, 0.25) is 0 Å². The first-order valence-corrected chi connectivity index (χ1v) is 10.9. The number of aromatic nitrogens is 1. The molecule has 1 heterocycles. The van der Waals surface area contributed by atoms with Gasteiger partial charge in [-0.05, 0) is 54.1 Å². The highest BCUT2D eigenvalue weighted by Crippen LogP contribution is 2.32. The molecule has 3 aromatic carbocycles. The minimum atomic E-state index is -4.04. The Bertz CT molecular complexity index is 1270. The molecule has 4 aromatic rings. The lowest BCUT2D eigenvalue weighted by molar-refractivity contribution is 0.414. The number of benzene rings is 3. The number of rotatable bonds is 7. The van der Waals surface area contributed by atoms with Gasteiger partial charge in [-0.15, -0.1) is 0 Å². The van der Waals surface area contributed by atoms with E-state index >= 15 is 0 Å². The van der Waals surface area contributed by atoms with Crippen molar-refractivity contribution in [3.8, 4) is 17.2 Å². The zero-order chi connectivity index (χ0) is 21.8. The van der Waals surface area contributed by atoms with Crippen molar-refractivity contribution < 1.29 is 22.0 Å². The van der Waals surface area contributed by atoms with Gasteiger partial charge in [0, 0.05) is 12.1 Å². The summed E-state index contributed by atoms with van der Waals surface area (Å²) in [5, 5.41) is 2.76. The van der Waals surface area contributed by atoms with E-state index < -0.39 is 15.7 Å². The van der Waals surface area contributed by atoms with Gasteiger partial charge in [-0.3, -0.25) is 0 Å². The maximum Gasteiger partial charge on any atom is 0.234 e. The minimum Gasteiger partial charge on any atom is -0.497 e. The first-order chi connectivity index (χ1) is 15.0. The summed E-state index contributed by atoms with van der Waals surface area (Å²) >= 11 is 0. The Hall–Kier alpha value is -3.65. The fourth-order valence-corrected chi connectivity index (χ4v) is 4.23. The largest absolute Gasteiger partial charge is 0.497 e. The van der Waals surface area contributed by atoms with Crippen molar-refractivity contribution in [2.45, 2.75) is 16.5 Å². The molecule has 0 atom stereocenters. The summed E-state index contributed by atoms with van der Waals surface area (Å²) in [5.74, 6) is 0.369. The summed E-state index contributed by atoms with van der Waals surface area (Å²) in [6, 6.07) is 20.9. The monoisotopic (exact) mass is 438 g/mol. The SMILES string of the molecule is COc1ccc(CNc2oc(-c3ccccc3)nc2S(=O)(=O)c2ccc(F)cc2)cc1. The summed E-state index contributed by atoms with van der Waals surface area (Å²) in [4.78, 5) is 4.19. The van der Waals surface area contributed by atoms with Crippen LogP contribution in [-0.4, -0.2) is 20.5 Å². The zero-order valence-electron chi connectivity index (χ0n) is 16.6. The van der Waals surface area contributed by atoms with Gasteiger partial charge >= 0.3 is 0 Å². The van der Waals surface area contributed by atoms with Crippen LogP contribution in [0.25, 0.3) is 11.5 Å². The van der Waals surface area contributed by atoms with Crippen molar-refractivity contribution in [1.82, 2.24) is 4.98 Å². The quantitative estimate of drug-likeness (QED) is 0.412. The van der Waals surface area contributed by atoms with Gasteiger partial charge in [0.25, 0.3) is 0 Å². The van der Waals surface area contributed by atoms with Crippen molar-refractivity contribution in [2.75, 3.05) is 12.4 Å². The van der Waals surface area contributed by atoms with Crippen LogP contribution in [0.3, 0.4) is 0 Å². The van der Waals surface area contributed by atoms with Gasteiger partial charge in [-0.25, -0.2) is 12.8 Å². The molecular weight excluding hydrogens is 419 g/mol. The normalized spacial score (nSPS) is 11.3. The second kappa shape index (κ2) is 8.61. The van der Waals surface area contributed by atoms with Crippen LogP contribution in [-0.2, 0) is 16.4 Å². The number of hydrogen-bond donors (Lipinski definition) is 1. The molecular formula is C23H19FN2O4S. The first-order valence-electron chi connectivity index (χ1n) is 9.41. The highest BCUT2D eigenvalue weighted by molar-refractivity contribution is 7.91.